The maximum Gasteiger partial charge on any atom is 0.311 e. The molecule has 0 saturated heterocycles. The minimum absolute atomic E-state index is 0.115. The highest BCUT2D eigenvalue weighted by molar-refractivity contribution is 6.30. The van der Waals surface area contributed by atoms with Crippen molar-refractivity contribution in [1.29, 1.82) is 0 Å². The van der Waals surface area contributed by atoms with Crippen LogP contribution in [0.4, 0.5) is 10.1 Å². The van der Waals surface area contributed by atoms with E-state index >= 15 is 0 Å². The third-order valence-corrected chi connectivity index (χ3v) is 4.07. The number of esters is 1. The van der Waals surface area contributed by atoms with Crippen LogP contribution >= 0.6 is 0 Å². The number of benzene rings is 1. The monoisotopic (exact) mass is 377 g/mol. The van der Waals surface area contributed by atoms with E-state index in [-0.39, 0.29) is 12.3 Å². The fraction of sp³-hybridized carbons (Fsp3) is 0.474. The van der Waals surface area contributed by atoms with Gasteiger partial charge in [-0.05, 0) is 44.5 Å². The summed E-state index contributed by atoms with van der Waals surface area (Å²) in [4.78, 5) is 29.1. The molecule has 0 radical (unpaired) electrons. The van der Waals surface area contributed by atoms with Crippen LogP contribution in [-0.4, -0.2) is 50.2 Å². The molecule has 1 heterocycles. The Balaban J connectivity index is 2.21. The number of nitrogens with zero attached hydrogens (tertiary/aromatic N) is 3. The molecule has 2 rings (SSSR count). The minimum atomic E-state index is -0.735. The van der Waals surface area contributed by atoms with Gasteiger partial charge in [0.05, 0.1) is 24.9 Å². The smallest absolute Gasteiger partial charge is 0.311 e. The summed E-state index contributed by atoms with van der Waals surface area (Å²) in [5.74, 6) is -1.96. The molecule has 27 heavy (non-hydrogen) atoms. The Morgan fingerprint density at radius 2 is 2.04 bits per heavy atom. The Bertz CT molecular complexity index is 731. The van der Waals surface area contributed by atoms with Crippen molar-refractivity contribution >= 4 is 29.0 Å². The lowest BCUT2D eigenvalue weighted by Crippen LogP contribution is -2.33. The Kier molecular flexibility index (Phi) is 7.60. The molecular formula is C19H24FN3O4. The minimum Gasteiger partial charge on any atom is -0.469 e. The lowest BCUT2D eigenvalue weighted by molar-refractivity contribution is -0.139. The summed E-state index contributed by atoms with van der Waals surface area (Å²) >= 11 is 0. The van der Waals surface area contributed by atoms with Gasteiger partial charge in [0, 0.05) is 25.5 Å². The molecule has 1 aliphatic heterocycles. The van der Waals surface area contributed by atoms with Gasteiger partial charge < -0.3 is 9.47 Å². The zero-order valence-electron chi connectivity index (χ0n) is 15.8. The van der Waals surface area contributed by atoms with Crippen molar-refractivity contribution < 1.29 is 23.5 Å². The van der Waals surface area contributed by atoms with Crippen LogP contribution in [0.5, 0.6) is 0 Å². The van der Waals surface area contributed by atoms with Gasteiger partial charge >= 0.3 is 5.97 Å². The quantitative estimate of drug-likeness (QED) is 0.376. The van der Waals surface area contributed by atoms with Crippen LogP contribution in [0, 0.1) is 11.7 Å². The first kappa shape index (κ1) is 20.7. The molecule has 0 bridgehead atoms. The Hall–Kier alpha value is -2.61. The highest BCUT2D eigenvalue weighted by Crippen LogP contribution is 2.26. The first-order valence-corrected chi connectivity index (χ1v) is 8.80. The summed E-state index contributed by atoms with van der Waals surface area (Å²) in [6, 6.07) is 5.42. The molecule has 1 aromatic carbocycles. The molecule has 1 atom stereocenters. The third kappa shape index (κ3) is 5.43. The number of carbonyl (C=O) groups is 2. The summed E-state index contributed by atoms with van der Waals surface area (Å²) < 4.78 is 23.1. The highest BCUT2D eigenvalue weighted by atomic mass is 19.1. The predicted molar refractivity (Wildman–Crippen MR) is 101 cm³/mol. The first-order chi connectivity index (χ1) is 13.0. The molecule has 7 nitrogen and oxygen atoms in total. The SMILES string of the molecule is CCOCCCN=C(C)C1C(=O)N(c2ccc(F)cc2)N=C1CC(=O)OC. The van der Waals surface area contributed by atoms with Gasteiger partial charge in [0.15, 0.2) is 0 Å². The van der Waals surface area contributed by atoms with Crippen LogP contribution in [0.25, 0.3) is 0 Å². The van der Waals surface area contributed by atoms with E-state index in [1.807, 2.05) is 6.92 Å². The normalized spacial score (nSPS) is 17.3. The lowest BCUT2D eigenvalue weighted by Gasteiger charge is -2.14. The van der Waals surface area contributed by atoms with Crippen molar-refractivity contribution in [1.82, 2.24) is 0 Å². The van der Waals surface area contributed by atoms with E-state index in [2.05, 4.69) is 10.1 Å². The third-order valence-electron chi connectivity index (χ3n) is 4.07. The van der Waals surface area contributed by atoms with Crippen LogP contribution in [-0.2, 0) is 19.1 Å². The number of aliphatic imine (C=N–C) groups is 1. The number of amides is 1. The van der Waals surface area contributed by atoms with Crippen molar-refractivity contribution in [2.45, 2.75) is 26.7 Å². The maximum atomic E-state index is 13.2. The second-order valence-corrected chi connectivity index (χ2v) is 5.98. The molecule has 146 valence electrons. The van der Waals surface area contributed by atoms with E-state index in [1.54, 1.807) is 6.92 Å². The molecule has 0 spiro atoms. The van der Waals surface area contributed by atoms with E-state index in [0.717, 1.165) is 6.42 Å². The fourth-order valence-electron chi connectivity index (χ4n) is 2.70. The molecule has 0 aliphatic carbocycles. The number of halogens is 1. The Morgan fingerprint density at radius 3 is 2.67 bits per heavy atom. The molecule has 0 aromatic heterocycles. The predicted octanol–water partition coefficient (Wildman–Crippen LogP) is 2.60. The van der Waals surface area contributed by atoms with E-state index in [4.69, 9.17) is 9.47 Å². The summed E-state index contributed by atoms with van der Waals surface area (Å²) in [5, 5.41) is 5.47. The lowest BCUT2D eigenvalue weighted by atomic mass is 9.96. The molecule has 0 saturated carbocycles. The second kappa shape index (κ2) is 9.91. The molecule has 1 aromatic rings. The number of anilines is 1. The second-order valence-electron chi connectivity index (χ2n) is 5.98. The van der Waals surface area contributed by atoms with Crippen LogP contribution in [0.15, 0.2) is 34.4 Å². The zero-order chi connectivity index (χ0) is 19.8. The largest absolute Gasteiger partial charge is 0.469 e. The van der Waals surface area contributed by atoms with Crippen molar-refractivity contribution in [3.63, 3.8) is 0 Å². The Labute approximate surface area is 157 Å². The maximum absolute atomic E-state index is 13.2. The molecule has 1 aliphatic rings. The van der Waals surface area contributed by atoms with Gasteiger partial charge in [-0.25, -0.2) is 4.39 Å². The molecule has 0 fully saturated rings. The average Bonchev–Trinajstić information content (AvgIpc) is 2.98. The molecular weight excluding hydrogens is 353 g/mol. The van der Waals surface area contributed by atoms with E-state index in [0.29, 0.717) is 36.9 Å². The number of hydrogen-bond donors (Lipinski definition) is 0. The molecule has 0 N–H and O–H groups in total. The van der Waals surface area contributed by atoms with Crippen molar-refractivity contribution in [2.75, 3.05) is 31.9 Å². The van der Waals surface area contributed by atoms with E-state index in [1.165, 1.54) is 36.4 Å². The van der Waals surface area contributed by atoms with Gasteiger partial charge in [-0.2, -0.15) is 10.1 Å². The number of carbonyl (C=O) groups excluding carboxylic acids is 2. The van der Waals surface area contributed by atoms with Gasteiger partial charge in [-0.15, -0.1) is 0 Å². The van der Waals surface area contributed by atoms with Gasteiger partial charge in [0.25, 0.3) is 5.91 Å². The van der Waals surface area contributed by atoms with Crippen LogP contribution in [0.1, 0.15) is 26.7 Å². The molecule has 1 unspecified atom stereocenters. The average molecular weight is 377 g/mol. The van der Waals surface area contributed by atoms with Crippen molar-refractivity contribution in [2.24, 2.45) is 16.0 Å². The van der Waals surface area contributed by atoms with Crippen LogP contribution in [0.2, 0.25) is 0 Å². The fourth-order valence-corrected chi connectivity index (χ4v) is 2.70. The highest BCUT2D eigenvalue weighted by Gasteiger charge is 2.39. The Morgan fingerprint density at radius 1 is 1.33 bits per heavy atom. The number of hydrazone groups is 1. The summed E-state index contributed by atoms with van der Waals surface area (Å²) in [6.07, 6.45) is 0.619. The van der Waals surface area contributed by atoms with E-state index in [9.17, 15) is 14.0 Å². The number of hydrogen-bond acceptors (Lipinski definition) is 6. The zero-order valence-corrected chi connectivity index (χ0v) is 15.8. The number of ether oxygens (including phenoxy) is 2. The van der Waals surface area contributed by atoms with Crippen molar-refractivity contribution in [3.8, 4) is 0 Å². The number of rotatable bonds is 9. The standard InChI is InChI=1S/C19H24FN3O4/c1-4-27-11-5-10-21-13(2)18-16(12-17(24)26-3)22-23(19(18)25)15-8-6-14(20)7-9-15/h6-9,18H,4-5,10-12H2,1-3H3. The van der Waals surface area contributed by atoms with Gasteiger partial charge in [0.2, 0.25) is 0 Å². The summed E-state index contributed by atoms with van der Waals surface area (Å²) in [7, 11) is 1.28. The van der Waals surface area contributed by atoms with Crippen molar-refractivity contribution in [3.05, 3.63) is 30.1 Å². The number of methoxy groups -OCH3 is 1. The van der Waals surface area contributed by atoms with Gasteiger partial charge in [0.1, 0.15) is 11.7 Å². The first-order valence-electron chi connectivity index (χ1n) is 8.80. The summed E-state index contributed by atoms with van der Waals surface area (Å²) in [5.41, 5.74) is 1.36. The molecule has 1 amide bonds. The van der Waals surface area contributed by atoms with Crippen LogP contribution in [0.3, 0.4) is 0 Å². The van der Waals surface area contributed by atoms with Gasteiger partial charge in [-0.1, -0.05) is 0 Å². The van der Waals surface area contributed by atoms with Crippen LogP contribution < -0.4 is 5.01 Å². The topological polar surface area (TPSA) is 80.6 Å². The van der Waals surface area contributed by atoms with Gasteiger partial charge in [-0.3, -0.25) is 14.6 Å². The summed E-state index contributed by atoms with van der Waals surface area (Å²) in [6.45, 7) is 5.41. The van der Waals surface area contributed by atoms with E-state index < -0.39 is 17.7 Å². The molecule has 8 heteroatoms.